The van der Waals surface area contributed by atoms with Crippen LogP contribution in [0.15, 0.2) is 17.5 Å². The van der Waals surface area contributed by atoms with Gasteiger partial charge in [0.15, 0.2) is 0 Å². The summed E-state index contributed by atoms with van der Waals surface area (Å²) in [5.41, 5.74) is -0.801. The van der Waals surface area contributed by atoms with Gasteiger partial charge in [-0.15, -0.1) is 11.3 Å². The molecular formula is C13H21NO3S. The fraction of sp³-hybridized carbons (Fsp3) is 0.615. The van der Waals surface area contributed by atoms with Gasteiger partial charge in [0.1, 0.15) is 5.60 Å². The fourth-order valence-corrected chi connectivity index (χ4v) is 2.23. The number of rotatable bonds is 7. The Labute approximate surface area is 113 Å². The van der Waals surface area contributed by atoms with Gasteiger partial charge in [-0.3, -0.25) is 4.79 Å². The molecule has 18 heavy (non-hydrogen) atoms. The Hall–Kier alpha value is -0.910. The van der Waals surface area contributed by atoms with Crippen LogP contribution >= 0.6 is 11.3 Å². The van der Waals surface area contributed by atoms with Gasteiger partial charge in [-0.2, -0.15) is 0 Å². The zero-order chi connectivity index (χ0) is 13.6. The Morgan fingerprint density at radius 2 is 2.17 bits per heavy atom. The van der Waals surface area contributed by atoms with Crippen molar-refractivity contribution in [1.82, 2.24) is 4.90 Å². The second-order valence-corrected chi connectivity index (χ2v) is 5.55. The van der Waals surface area contributed by atoms with E-state index >= 15 is 0 Å². The number of carbonyl (C=O) groups excluding carboxylic acids is 1. The third-order valence-corrected chi connectivity index (χ3v) is 3.67. The predicted molar refractivity (Wildman–Crippen MR) is 72.7 cm³/mol. The van der Waals surface area contributed by atoms with Gasteiger partial charge in [0.05, 0.1) is 13.2 Å². The maximum absolute atomic E-state index is 12.4. The summed E-state index contributed by atoms with van der Waals surface area (Å²) in [6.45, 7) is 5.26. The first-order valence-corrected chi connectivity index (χ1v) is 6.75. The van der Waals surface area contributed by atoms with Crippen LogP contribution < -0.4 is 0 Å². The van der Waals surface area contributed by atoms with Crippen molar-refractivity contribution in [2.75, 3.05) is 27.4 Å². The average Bonchev–Trinajstić information content (AvgIpc) is 2.86. The highest BCUT2D eigenvalue weighted by Gasteiger charge is 2.31. The van der Waals surface area contributed by atoms with Crippen LogP contribution in [0.1, 0.15) is 18.7 Å². The van der Waals surface area contributed by atoms with Crippen LogP contribution in [0.5, 0.6) is 0 Å². The number of thiophene rings is 1. The lowest BCUT2D eigenvalue weighted by Crippen LogP contribution is -2.47. The Bertz CT molecular complexity index is 362. The lowest BCUT2D eigenvalue weighted by molar-refractivity contribution is -0.152. The lowest BCUT2D eigenvalue weighted by atomic mass is 10.1. The number of ether oxygens (including phenoxy) is 2. The zero-order valence-corrected chi connectivity index (χ0v) is 12.3. The summed E-state index contributed by atoms with van der Waals surface area (Å²) in [5, 5.41) is 2.01. The Balaban J connectivity index is 2.74. The van der Waals surface area contributed by atoms with Crippen molar-refractivity contribution in [2.45, 2.75) is 26.0 Å². The molecule has 1 aromatic rings. The smallest absolute Gasteiger partial charge is 0.254 e. The lowest BCUT2D eigenvalue weighted by Gasteiger charge is -2.30. The van der Waals surface area contributed by atoms with Crippen molar-refractivity contribution in [1.29, 1.82) is 0 Å². The van der Waals surface area contributed by atoms with Crippen LogP contribution in [0.4, 0.5) is 0 Å². The molecule has 1 aromatic heterocycles. The number of hydrogen-bond acceptors (Lipinski definition) is 4. The molecule has 0 aliphatic rings. The molecule has 0 unspecified atom stereocenters. The fourth-order valence-electron chi connectivity index (χ4n) is 1.51. The Kier molecular flexibility index (Phi) is 5.78. The predicted octanol–water partition coefficient (Wildman–Crippen LogP) is 2.15. The van der Waals surface area contributed by atoms with Crippen molar-refractivity contribution in [3.8, 4) is 0 Å². The van der Waals surface area contributed by atoms with Gasteiger partial charge in [-0.1, -0.05) is 6.07 Å². The summed E-state index contributed by atoms with van der Waals surface area (Å²) >= 11 is 1.64. The van der Waals surface area contributed by atoms with Crippen molar-refractivity contribution >= 4 is 17.2 Å². The first-order valence-electron chi connectivity index (χ1n) is 5.87. The molecular weight excluding hydrogens is 250 g/mol. The summed E-state index contributed by atoms with van der Waals surface area (Å²) < 4.78 is 10.3. The third kappa shape index (κ3) is 4.08. The molecule has 0 fully saturated rings. The van der Waals surface area contributed by atoms with Crippen molar-refractivity contribution in [3.05, 3.63) is 22.4 Å². The molecule has 1 heterocycles. The Morgan fingerprint density at radius 1 is 1.44 bits per heavy atom. The minimum Gasteiger partial charge on any atom is -0.383 e. The van der Waals surface area contributed by atoms with E-state index in [0.29, 0.717) is 19.7 Å². The second-order valence-electron chi connectivity index (χ2n) is 4.51. The van der Waals surface area contributed by atoms with Gasteiger partial charge in [0, 0.05) is 25.6 Å². The highest BCUT2D eigenvalue weighted by molar-refractivity contribution is 7.09. The van der Waals surface area contributed by atoms with E-state index in [2.05, 4.69) is 0 Å². The molecule has 0 N–H and O–H groups in total. The van der Waals surface area contributed by atoms with Gasteiger partial charge in [-0.25, -0.2) is 0 Å². The Morgan fingerprint density at radius 3 is 2.67 bits per heavy atom. The molecule has 5 heteroatoms. The third-order valence-electron chi connectivity index (χ3n) is 2.80. The summed E-state index contributed by atoms with van der Waals surface area (Å²) in [7, 11) is 3.19. The average molecular weight is 271 g/mol. The molecule has 0 bridgehead atoms. The molecule has 0 aliphatic heterocycles. The monoisotopic (exact) mass is 271 g/mol. The van der Waals surface area contributed by atoms with E-state index in [-0.39, 0.29) is 5.91 Å². The molecule has 0 aromatic carbocycles. The van der Waals surface area contributed by atoms with Gasteiger partial charge in [-0.05, 0) is 25.3 Å². The zero-order valence-electron chi connectivity index (χ0n) is 11.4. The SMILES string of the molecule is COCCN(Cc1cccs1)C(=O)C(C)(C)OC. The number of nitrogens with zero attached hydrogens (tertiary/aromatic N) is 1. The van der Waals surface area contributed by atoms with E-state index in [1.807, 2.05) is 17.5 Å². The minimum absolute atomic E-state index is 0.0181. The highest BCUT2D eigenvalue weighted by Crippen LogP contribution is 2.17. The highest BCUT2D eigenvalue weighted by atomic mass is 32.1. The number of hydrogen-bond donors (Lipinski definition) is 0. The standard InChI is InChI=1S/C13H21NO3S/c1-13(2,17-4)12(15)14(7-8-16-3)10-11-6-5-9-18-11/h5-6,9H,7-8,10H2,1-4H3. The first kappa shape index (κ1) is 15.1. The number of methoxy groups -OCH3 is 2. The van der Waals surface area contributed by atoms with Gasteiger partial charge >= 0.3 is 0 Å². The molecule has 1 rings (SSSR count). The molecule has 102 valence electrons. The number of amides is 1. The van der Waals surface area contributed by atoms with Crippen LogP contribution in [-0.2, 0) is 20.8 Å². The topological polar surface area (TPSA) is 38.8 Å². The van der Waals surface area contributed by atoms with Crippen LogP contribution in [0.25, 0.3) is 0 Å². The molecule has 0 aliphatic carbocycles. The summed E-state index contributed by atoms with van der Waals surface area (Å²) in [5.74, 6) is -0.0181. The van der Waals surface area contributed by atoms with E-state index in [1.165, 1.54) is 0 Å². The number of carbonyl (C=O) groups is 1. The van der Waals surface area contributed by atoms with Crippen LogP contribution in [-0.4, -0.2) is 43.8 Å². The van der Waals surface area contributed by atoms with Crippen molar-refractivity contribution < 1.29 is 14.3 Å². The summed E-state index contributed by atoms with van der Waals surface area (Å²) in [6.07, 6.45) is 0. The molecule has 0 atom stereocenters. The van der Waals surface area contributed by atoms with Gasteiger partial charge in [0.2, 0.25) is 0 Å². The van der Waals surface area contributed by atoms with Crippen LogP contribution in [0, 0.1) is 0 Å². The summed E-state index contributed by atoms with van der Waals surface area (Å²) in [4.78, 5) is 15.3. The van der Waals surface area contributed by atoms with E-state index in [1.54, 1.807) is 44.3 Å². The largest absolute Gasteiger partial charge is 0.383 e. The maximum atomic E-state index is 12.4. The van der Waals surface area contributed by atoms with E-state index in [9.17, 15) is 4.79 Å². The first-order chi connectivity index (χ1) is 8.51. The van der Waals surface area contributed by atoms with E-state index < -0.39 is 5.60 Å². The molecule has 4 nitrogen and oxygen atoms in total. The minimum atomic E-state index is -0.801. The summed E-state index contributed by atoms with van der Waals surface area (Å²) in [6, 6.07) is 4.01. The van der Waals surface area contributed by atoms with Gasteiger partial charge < -0.3 is 14.4 Å². The van der Waals surface area contributed by atoms with Crippen molar-refractivity contribution in [2.24, 2.45) is 0 Å². The molecule has 0 spiro atoms. The van der Waals surface area contributed by atoms with Crippen LogP contribution in [0.2, 0.25) is 0 Å². The maximum Gasteiger partial charge on any atom is 0.254 e. The molecule has 0 saturated carbocycles. The van der Waals surface area contributed by atoms with Crippen LogP contribution in [0.3, 0.4) is 0 Å². The second kappa shape index (κ2) is 6.87. The van der Waals surface area contributed by atoms with Gasteiger partial charge in [0.25, 0.3) is 5.91 Å². The molecule has 0 saturated heterocycles. The van der Waals surface area contributed by atoms with Crippen molar-refractivity contribution in [3.63, 3.8) is 0 Å². The normalized spacial score (nSPS) is 11.6. The van der Waals surface area contributed by atoms with E-state index in [0.717, 1.165) is 4.88 Å². The quantitative estimate of drug-likeness (QED) is 0.762. The molecule has 0 radical (unpaired) electrons. The molecule has 1 amide bonds. The van der Waals surface area contributed by atoms with E-state index in [4.69, 9.17) is 9.47 Å².